The number of carbonyl (C=O) groups excluding carboxylic acids is 1. The van der Waals surface area contributed by atoms with Crippen LogP contribution in [0.3, 0.4) is 0 Å². The Kier molecular flexibility index (Phi) is 2.16. The lowest BCUT2D eigenvalue weighted by molar-refractivity contribution is -0.116. The van der Waals surface area contributed by atoms with Crippen LogP contribution in [0.5, 0.6) is 0 Å². The van der Waals surface area contributed by atoms with Crippen molar-refractivity contribution in [3.8, 4) is 11.3 Å². The van der Waals surface area contributed by atoms with E-state index < -0.39 is 0 Å². The Balaban J connectivity index is 2.33. The maximum atomic E-state index is 11.7. The van der Waals surface area contributed by atoms with Crippen LogP contribution in [0.4, 0.5) is 5.69 Å². The molecule has 0 saturated carbocycles. The van der Waals surface area contributed by atoms with E-state index in [1.165, 1.54) is 0 Å². The van der Waals surface area contributed by atoms with Crippen LogP contribution in [0.2, 0.25) is 5.02 Å². The highest BCUT2D eigenvalue weighted by Crippen LogP contribution is 2.33. The minimum atomic E-state index is -0.114. The number of aryl methyl sites for hydroxylation is 1. The third-order valence-electron chi connectivity index (χ3n) is 2.71. The Morgan fingerprint density at radius 1 is 1.47 bits per heavy atom. The number of hydrogen-bond acceptors (Lipinski definition) is 3. The van der Waals surface area contributed by atoms with E-state index in [4.69, 9.17) is 11.6 Å². The highest BCUT2D eigenvalue weighted by atomic mass is 35.5. The molecule has 1 N–H and O–H groups in total. The minimum absolute atomic E-state index is 0.114. The normalized spacial score (nSPS) is 13.6. The Hall–Kier alpha value is -1.88. The Labute approximate surface area is 102 Å². The van der Waals surface area contributed by atoms with Crippen molar-refractivity contribution in [2.45, 2.75) is 13.5 Å². The molecule has 3 rings (SSSR count). The molecule has 1 aromatic carbocycles. The summed E-state index contributed by atoms with van der Waals surface area (Å²) in [6.07, 6.45) is 0. The average molecular weight is 249 g/mol. The lowest BCUT2D eigenvalue weighted by Crippen LogP contribution is -2.17. The third-order valence-corrected chi connectivity index (χ3v) is 2.94. The van der Waals surface area contributed by atoms with Gasteiger partial charge in [-0.3, -0.25) is 4.79 Å². The second kappa shape index (κ2) is 3.56. The standard InChI is InChI=1S/C11H9ClN4O/c1-6-11-8-4-7(12)2-3-9(8)13-10(17)5-16(11)15-14-6/h2-4H,5H2,1H3,(H,13,17). The number of halogens is 1. The van der Waals surface area contributed by atoms with E-state index in [1.54, 1.807) is 16.8 Å². The molecule has 0 atom stereocenters. The SMILES string of the molecule is Cc1nnn2c1-c1cc(Cl)ccc1NC(=O)C2. The molecule has 86 valence electrons. The minimum Gasteiger partial charge on any atom is -0.324 e. The molecule has 17 heavy (non-hydrogen) atoms. The molecule has 0 unspecified atom stereocenters. The smallest absolute Gasteiger partial charge is 0.246 e. The molecule has 0 radical (unpaired) electrons. The third kappa shape index (κ3) is 1.59. The van der Waals surface area contributed by atoms with E-state index in [0.29, 0.717) is 5.02 Å². The van der Waals surface area contributed by atoms with Crippen LogP contribution in [0.15, 0.2) is 18.2 Å². The predicted octanol–water partition coefficient (Wildman–Crippen LogP) is 1.86. The molecule has 1 aliphatic heterocycles. The summed E-state index contributed by atoms with van der Waals surface area (Å²) in [6.45, 7) is 2.03. The number of benzene rings is 1. The molecule has 0 aliphatic carbocycles. The molecular weight excluding hydrogens is 240 g/mol. The number of nitrogens with zero attached hydrogens (tertiary/aromatic N) is 3. The first kappa shape index (κ1) is 10.3. The summed E-state index contributed by atoms with van der Waals surface area (Å²) >= 11 is 5.99. The molecule has 2 aromatic rings. The maximum absolute atomic E-state index is 11.7. The molecular formula is C11H9ClN4O. The second-order valence-corrected chi connectivity index (χ2v) is 4.36. The first-order valence-corrected chi connectivity index (χ1v) is 5.53. The van der Waals surface area contributed by atoms with Crippen molar-refractivity contribution in [3.63, 3.8) is 0 Å². The highest BCUT2D eigenvalue weighted by Gasteiger charge is 2.22. The van der Waals surface area contributed by atoms with E-state index in [0.717, 1.165) is 22.6 Å². The maximum Gasteiger partial charge on any atom is 0.246 e. The van der Waals surface area contributed by atoms with Crippen molar-refractivity contribution in [3.05, 3.63) is 28.9 Å². The summed E-state index contributed by atoms with van der Waals surface area (Å²) in [4.78, 5) is 11.7. The van der Waals surface area contributed by atoms with Gasteiger partial charge in [0, 0.05) is 10.6 Å². The second-order valence-electron chi connectivity index (χ2n) is 3.92. The van der Waals surface area contributed by atoms with Gasteiger partial charge in [0.2, 0.25) is 5.91 Å². The number of carbonyl (C=O) groups is 1. The quantitative estimate of drug-likeness (QED) is 0.774. The Bertz CT molecular complexity index is 620. The van der Waals surface area contributed by atoms with Crippen LogP contribution in [0.25, 0.3) is 11.3 Å². The van der Waals surface area contributed by atoms with Crippen LogP contribution in [-0.4, -0.2) is 20.9 Å². The fraction of sp³-hybridized carbons (Fsp3) is 0.182. The molecule has 0 fully saturated rings. The number of aromatic nitrogens is 3. The van der Waals surface area contributed by atoms with Gasteiger partial charge in [-0.2, -0.15) is 0 Å². The number of rotatable bonds is 0. The van der Waals surface area contributed by atoms with E-state index in [2.05, 4.69) is 15.6 Å². The molecule has 2 heterocycles. The fourth-order valence-electron chi connectivity index (χ4n) is 1.99. The number of amides is 1. The van der Waals surface area contributed by atoms with Gasteiger partial charge < -0.3 is 5.32 Å². The van der Waals surface area contributed by atoms with E-state index in [1.807, 2.05) is 13.0 Å². The number of hydrogen-bond donors (Lipinski definition) is 1. The van der Waals surface area contributed by atoms with Gasteiger partial charge in [-0.15, -0.1) is 5.10 Å². The van der Waals surface area contributed by atoms with Crippen LogP contribution in [-0.2, 0) is 11.3 Å². The first-order valence-electron chi connectivity index (χ1n) is 5.15. The van der Waals surface area contributed by atoms with Gasteiger partial charge in [-0.1, -0.05) is 16.8 Å². The Morgan fingerprint density at radius 2 is 2.29 bits per heavy atom. The van der Waals surface area contributed by atoms with Crippen molar-refractivity contribution in [2.24, 2.45) is 0 Å². The number of fused-ring (bicyclic) bond motifs is 3. The molecule has 6 heteroatoms. The van der Waals surface area contributed by atoms with Gasteiger partial charge in [0.25, 0.3) is 0 Å². The van der Waals surface area contributed by atoms with Crippen molar-refractivity contribution >= 4 is 23.2 Å². The van der Waals surface area contributed by atoms with Crippen LogP contribution >= 0.6 is 11.6 Å². The van der Waals surface area contributed by atoms with Gasteiger partial charge >= 0.3 is 0 Å². The molecule has 1 aromatic heterocycles. The first-order chi connectivity index (χ1) is 8.15. The molecule has 0 bridgehead atoms. The summed E-state index contributed by atoms with van der Waals surface area (Å²) in [5.74, 6) is -0.114. The summed E-state index contributed by atoms with van der Waals surface area (Å²) in [5.41, 5.74) is 3.21. The summed E-state index contributed by atoms with van der Waals surface area (Å²) < 4.78 is 1.59. The van der Waals surface area contributed by atoms with Gasteiger partial charge in [-0.05, 0) is 25.1 Å². The van der Waals surface area contributed by atoms with Crippen molar-refractivity contribution in [1.82, 2.24) is 15.0 Å². The zero-order valence-electron chi connectivity index (χ0n) is 9.07. The van der Waals surface area contributed by atoms with E-state index >= 15 is 0 Å². The topological polar surface area (TPSA) is 59.8 Å². The Morgan fingerprint density at radius 3 is 3.12 bits per heavy atom. The molecule has 0 spiro atoms. The van der Waals surface area contributed by atoms with Crippen molar-refractivity contribution in [1.29, 1.82) is 0 Å². The average Bonchev–Trinajstić information content (AvgIpc) is 2.56. The van der Waals surface area contributed by atoms with Crippen LogP contribution < -0.4 is 5.32 Å². The van der Waals surface area contributed by atoms with Gasteiger partial charge in [0.1, 0.15) is 6.54 Å². The van der Waals surface area contributed by atoms with Gasteiger partial charge in [0.05, 0.1) is 17.1 Å². The van der Waals surface area contributed by atoms with Crippen molar-refractivity contribution in [2.75, 3.05) is 5.32 Å². The molecule has 1 aliphatic rings. The lowest BCUT2D eigenvalue weighted by Gasteiger charge is -2.06. The van der Waals surface area contributed by atoms with E-state index in [-0.39, 0.29) is 12.5 Å². The highest BCUT2D eigenvalue weighted by molar-refractivity contribution is 6.31. The summed E-state index contributed by atoms with van der Waals surface area (Å²) in [6, 6.07) is 5.35. The molecule has 0 saturated heterocycles. The summed E-state index contributed by atoms with van der Waals surface area (Å²) in [5, 5.41) is 11.4. The van der Waals surface area contributed by atoms with Crippen LogP contribution in [0.1, 0.15) is 5.69 Å². The predicted molar refractivity (Wildman–Crippen MR) is 63.8 cm³/mol. The zero-order chi connectivity index (χ0) is 12.0. The zero-order valence-corrected chi connectivity index (χ0v) is 9.82. The number of nitrogens with one attached hydrogen (secondary N) is 1. The van der Waals surface area contributed by atoms with Gasteiger partial charge in [0.15, 0.2) is 0 Å². The lowest BCUT2D eigenvalue weighted by atomic mass is 10.1. The summed E-state index contributed by atoms with van der Waals surface area (Å²) in [7, 11) is 0. The van der Waals surface area contributed by atoms with E-state index in [9.17, 15) is 4.79 Å². The molecule has 1 amide bonds. The molecule has 5 nitrogen and oxygen atoms in total. The van der Waals surface area contributed by atoms with Gasteiger partial charge in [-0.25, -0.2) is 4.68 Å². The monoisotopic (exact) mass is 248 g/mol. The van der Waals surface area contributed by atoms with Crippen molar-refractivity contribution < 1.29 is 4.79 Å². The van der Waals surface area contributed by atoms with Crippen LogP contribution in [0, 0.1) is 6.92 Å². The fourth-order valence-corrected chi connectivity index (χ4v) is 2.16. The largest absolute Gasteiger partial charge is 0.324 e. The number of anilines is 1.